The van der Waals surface area contributed by atoms with Crippen molar-refractivity contribution >= 4 is 0 Å². The highest BCUT2D eigenvalue weighted by Crippen LogP contribution is 2.29. The van der Waals surface area contributed by atoms with Crippen molar-refractivity contribution in [2.45, 2.75) is 51.6 Å². The Hall–Kier alpha value is -0.120. The highest BCUT2D eigenvalue weighted by atomic mass is 16.5. The summed E-state index contributed by atoms with van der Waals surface area (Å²) in [6.45, 7) is 9.02. The average Bonchev–Trinajstić information content (AvgIpc) is 3.19. The van der Waals surface area contributed by atoms with Crippen LogP contribution in [0.3, 0.4) is 0 Å². The summed E-state index contributed by atoms with van der Waals surface area (Å²) in [5, 5.41) is 3.48. The molecule has 2 aliphatic rings. The molecule has 0 bridgehead atoms. The molecule has 1 aliphatic carbocycles. The molecule has 1 aliphatic heterocycles. The van der Waals surface area contributed by atoms with E-state index >= 15 is 0 Å². The Balaban J connectivity index is 1.82. The Morgan fingerprint density at radius 2 is 2.06 bits per heavy atom. The minimum absolute atomic E-state index is 0.652. The van der Waals surface area contributed by atoms with Gasteiger partial charge >= 0.3 is 0 Å². The second kappa shape index (κ2) is 6.88. The van der Waals surface area contributed by atoms with Crippen LogP contribution < -0.4 is 5.32 Å². The number of hydrogen-bond donors (Lipinski definition) is 1. The lowest BCUT2D eigenvalue weighted by Crippen LogP contribution is -2.47. The van der Waals surface area contributed by atoms with Crippen LogP contribution in [-0.4, -0.2) is 50.3 Å². The minimum atomic E-state index is 0.652. The molecule has 3 nitrogen and oxygen atoms in total. The van der Waals surface area contributed by atoms with E-state index in [0.717, 1.165) is 25.2 Å². The average molecular weight is 254 g/mol. The van der Waals surface area contributed by atoms with Crippen molar-refractivity contribution in [3.63, 3.8) is 0 Å². The van der Waals surface area contributed by atoms with Gasteiger partial charge in [0.15, 0.2) is 0 Å². The van der Waals surface area contributed by atoms with Crippen molar-refractivity contribution < 1.29 is 4.74 Å². The number of rotatable bonds is 7. The van der Waals surface area contributed by atoms with E-state index in [4.69, 9.17) is 4.74 Å². The Morgan fingerprint density at radius 1 is 1.28 bits per heavy atom. The van der Waals surface area contributed by atoms with Gasteiger partial charge in [0, 0.05) is 31.2 Å². The summed E-state index contributed by atoms with van der Waals surface area (Å²) in [6, 6.07) is 1.53. The summed E-state index contributed by atoms with van der Waals surface area (Å²) in [6.07, 6.45) is 5.32. The highest BCUT2D eigenvalue weighted by Gasteiger charge is 2.33. The monoisotopic (exact) mass is 254 g/mol. The van der Waals surface area contributed by atoms with Crippen LogP contribution in [-0.2, 0) is 4.74 Å². The fraction of sp³-hybridized carbons (Fsp3) is 1.00. The molecule has 1 heterocycles. The first-order chi connectivity index (χ1) is 8.70. The molecule has 1 saturated carbocycles. The largest absolute Gasteiger partial charge is 0.381 e. The molecule has 0 aromatic carbocycles. The van der Waals surface area contributed by atoms with Crippen LogP contribution >= 0.6 is 0 Å². The topological polar surface area (TPSA) is 24.5 Å². The molecule has 0 spiro atoms. The third kappa shape index (κ3) is 4.22. The Morgan fingerprint density at radius 3 is 2.67 bits per heavy atom. The second-order valence-electron chi connectivity index (χ2n) is 6.43. The maximum absolute atomic E-state index is 5.67. The predicted octanol–water partition coefficient (Wildman–Crippen LogP) is 2.12. The van der Waals surface area contributed by atoms with Crippen molar-refractivity contribution in [3.8, 4) is 0 Å². The summed E-state index contributed by atoms with van der Waals surface area (Å²) in [5.41, 5.74) is 0. The summed E-state index contributed by atoms with van der Waals surface area (Å²) < 4.78 is 5.67. The van der Waals surface area contributed by atoms with Gasteiger partial charge in [0.05, 0.1) is 6.61 Å². The summed E-state index contributed by atoms with van der Waals surface area (Å²) in [5.74, 6) is 1.49. The number of ether oxygens (including phenoxy) is 1. The second-order valence-corrected chi connectivity index (χ2v) is 6.43. The molecule has 2 rings (SSSR count). The summed E-state index contributed by atoms with van der Waals surface area (Å²) >= 11 is 0. The van der Waals surface area contributed by atoms with Gasteiger partial charge < -0.3 is 10.1 Å². The van der Waals surface area contributed by atoms with Crippen LogP contribution in [0, 0.1) is 11.8 Å². The van der Waals surface area contributed by atoms with Crippen LogP contribution in [0.2, 0.25) is 0 Å². The Bertz CT molecular complexity index is 241. The fourth-order valence-corrected chi connectivity index (χ4v) is 2.94. The first-order valence-corrected chi connectivity index (χ1v) is 7.69. The third-order valence-electron chi connectivity index (χ3n) is 4.37. The Kier molecular flexibility index (Phi) is 5.46. The fourth-order valence-electron chi connectivity index (χ4n) is 2.94. The lowest BCUT2D eigenvalue weighted by atomic mass is 9.95. The van der Waals surface area contributed by atoms with Crippen LogP contribution in [0.5, 0.6) is 0 Å². The number of nitrogens with one attached hydrogen (secondary N) is 1. The van der Waals surface area contributed by atoms with Crippen molar-refractivity contribution in [2.24, 2.45) is 11.8 Å². The lowest BCUT2D eigenvalue weighted by molar-refractivity contribution is 0.0166. The summed E-state index contributed by atoms with van der Waals surface area (Å²) in [4.78, 5) is 2.73. The molecule has 0 aromatic rings. The molecule has 0 radical (unpaired) electrons. The highest BCUT2D eigenvalue weighted by molar-refractivity contribution is 4.89. The van der Waals surface area contributed by atoms with Gasteiger partial charge in [-0.1, -0.05) is 13.8 Å². The third-order valence-corrected chi connectivity index (χ3v) is 4.37. The smallest absolute Gasteiger partial charge is 0.0521 e. The van der Waals surface area contributed by atoms with E-state index in [1.165, 1.54) is 38.8 Å². The van der Waals surface area contributed by atoms with Crippen molar-refractivity contribution in [1.82, 2.24) is 10.2 Å². The molecule has 1 N–H and O–H groups in total. The lowest BCUT2D eigenvalue weighted by Gasteiger charge is -2.35. The molecule has 0 aromatic heterocycles. The predicted molar refractivity (Wildman–Crippen MR) is 75.8 cm³/mol. The Labute approximate surface area is 112 Å². The molecule has 2 unspecified atom stereocenters. The normalized spacial score (nSPS) is 29.2. The number of hydrogen-bond acceptors (Lipinski definition) is 3. The van der Waals surface area contributed by atoms with E-state index in [-0.39, 0.29) is 0 Å². The van der Waals surface area contributed by atoms with Crippen molar-refractivity contribution in [1.29, 1.82) is 0 Å². The van der Waals surface area contributed by atoms with E-state index in [0.29, 0.717) is 12.0 Å². The van der Waals surface area contributed by atoms with Crippen molar-refractivity contribution in [2.75, 3.05) is 33.4 Å². The van der Waals surface area contributed by atoms with Crippen LogP contribution in [0.15, 0.2) is 0 Å². The van der Waals surface area contributed by atoms with Gasteiger partial charge in [0.2, 0.25) is 0 Å². The zero-order chi connectivity index (χ0) is 13.0. The first-order valence-electron chi connectivity index (χ1n) is 7.69. The first kappa shape index (κ1) is 14.3. The maximum Gasteiger partial charge on any atom is 0.0521 e. The molecule has 2 fully saturated rings. The van der Waals surface area contributed by atoms with Gasteiger partial charge in [-0.05, 0) is 45.2 Å². The minimum Gasteiger partial charge on any atom is -0.381 e. The molecule has 3 heteroatoms. The molecule has 106 valence electrons. The molecule has 1 saturated heterocycles. The number of nitrogens with zero attached hydrogens (tertiary/aromatic N) is 1. The maximum atomic E-state index is 5.67. The van der Waals surface area contributed by atoms with Crippen LogP contribution in [0.25, 0.3) is 0 Å². The van der Waals surface area contributed by atoms with E-state index < -0.39 is 0 Å². The van der Waals surface area contributed by atoms with Gasteiger partial charge in [0.25, 0.3) is 0 Å². The molecular formula is C15H30N2O. The molecular weight excluding hydrogens is 224 g/mol. The van der Waals surface area contributed by atoms with Gasteiger partial charge in [-0.25, -0.2) is 0 Å². The van der Waals surface area contributed by atoms with Crippen LogP contribution in [0.4, 0.5) is 0 Å². The van der Waals surface area contributed by atoms with Gasteiger partial charge in [0.1, 0.15) is 0 Å². The zero-order valence-corrected chi connectivity index (χ0v) is 12.3. The molecule has 18 heavy (non-hydrogen) atoms. The van der Waals surface area contributed by atoms with E-state index in [1.54, 1.807) is 0 Å². The quantitative estimate of drug-likeness (QED) is 0.753. The van der Waals surface area contributed by atoms with E-state index in [2.05, 4.69) is 31.1 Å². The van der Waals surface area contributed by atoms with E-state index in [1.807, 2.05) is 0 Å². The van der Waals surface area contributed by atoms with E-state index in [9.17, 15) is 0 Å². The van der Waals surface area contributed by atoms with Crippen molar-refractivity contribution in [3.05, 3.63) is 0 Å². The summed E-state index contributed by atoms with van der Waals surface area (Å²) in [7, 11) is 2.10. The van der Waals surface area contributed by atoms with Gasteiger partial charge in [-0.3, -0.25) is 4.90 Å². The standard InChI is InChI=1S/C15H30N2O/c1-12(2)6-8-17(14-4-5-14)10-13-11-18-9-7-15(13)16-3/h12-16H,4-11H2,1-3H3. The molecule has 0 amide bonds. The zero-order valence-electron chi connectivity index (χ0n) is 12.3. The SMILES string of the molecule is CNC1CCOCC1CN(CCC(C)C)C1CC1. The van der Waals surface area contributed by atoms with Gasteiger partial charge in [-0.15, -0.1) is 0 Å². The molecule has 2 atom stereocenters. The van der Waals surface area contributed by atoms with Crippen LogP contribution in [0.1, 0.15) is 39.5 Å². The van der Waals surface area contributed by atoms with Gasteiger partial charge in [-0.2, -0.15) is 0 Å².